The van der Waals surface area contributed by atoms with Gasteiger partial charge in [0.1, 0.15) is 49.4 Å². The second kappa shape index (κ2) is 25.8. The molecular weight excluding hydrogens is 771 g/mol. The van der Waals surface area contributed by atoms with Crippen LogP contribution in [0.3, 0.4) is 0 Å². The lowest BCUT2D eigenvalue weighted by Crippen LogP contribution is -2.16. The zero-order valence-corrected chi connectivity index (χ0v) is 37.4. The Kier molecular flexibility index (Phi) is 20.0. The van der Waals surface area contributed by atoms with Gasteiger partial charge in [-0.05, 0) is 98.2 Å². The molecule has 0 spiro atoms. The van der Waals surface area contributed by atoms with E-state index >= 15 is 0 Å². The molecular formula is C51H67NO9. The van der Waals surface area contributed by atoms with Gasteiger partial charge in [0.25, 0.3) is 0 Å². The summed E-state index contributed by atoms with van der Waals surface area (Å²) in [6.07, 6.45) is 5.58. The zero-order chi connectivity index (χ0) is 43.2. The summed E-state index contributed by atoms with van der Waals surface area (Å²) >= 11 is 0. The van der Waals surface area contributed by atoms with E-state index in [1.165, 1.54) is 0 Å². The van der Waals surface area contributed by atoms with Crippen LogP contribution in [-0.2, 0) is 44.6 Å². The third kappa shape index (κ3) is 13.8. The van der Waals surface area contributed by atoms with Crippen molar-refractivity contribution in [3.05, 3.63) is 129 Å². The summed E-state index contributed by atoms with van der Waals surface area (Å²) in [5.74, 6) is 3.05. The van der Waals surface area contributed by atoms with Crippen LogP contribution in [0.1, 0.15) is 96.4 Å². The number of ether oxygens (including phenoxy) is 8. The molecule has 10 nitrogen and oxygen atoms in total. The van der Waals surface area contributed by atoms with Crippen LogP contribution >= 0.6 is 0 Å². The first-order valence-corrected chi connectivity index (χ1v) is 22.2. The number of nitrogens with zero attached hydrogens (tertiary/aromatic N) is 1. The number of fused-ring (bicyclic) bond motifs is 8. The van der Waals surface area contributed by atoms with Gasteiger partial charge in [0.2, 0.25) is 0 Å². The van der Waals surface area contributed by atoms with E-state index in [1.54, 1.807) is 6.08 Å². The minimum atomic E-state index is -0.0797. The van der Waals surface area contributed by atoms with Crippen molar-refractivity contribution in [1.29, 1.82) is 0 Å². The lowest BCUT2D eigenvalue weighted by molar-refractivity contribution is 0.104. The maximum atomic E-state index is 14.2. The van der Waals surface area contributed by atoms with Gasteiger partial charge in [-0.25, -0.2) is 0 Å². The summed E-state index contributed by atoms with van der Waals surface area (Å²) in [5.41, 5.74) is 8.40. The van der Waals surface area contributed by atoms with Crippen LogP contribution in [0, 0.1) is 0 Å². The summed E-state index contributed by atoms with van der Waals surface area (Å²) in [5, 5.41) is 0. The van der Waals surface area contributed by atoms with E-state index in [2.05, 4.69) is 73.3 Å². The number of benzene rings is 4. The molecule has 0 amide bonds. The lowest BCUT2D eigenvalue weighted by Gasteiger charge is -2.23. The molecule has 0 heterocycles. The van der Waals surface area contributed by atoms with Crippen molar-refractivity contribution in [3.8, 4) is 23.0 Å². The highest BCUT2D eigenvalue weighted by Gasteiger charge is 2.23. The molecule has 10 heteroatoms. The van der Waals surface area contributed by atoms with Gasteiger partial charge in [0.05, 0.1) is 26.4 Å². The summed E-state index contributed by atoms with van der Waals surface area (Å²) in [6.45, 7) is 19.5. The molecule has 0 radical (unpaired) electrons. The van der Waals surface area contributed by atoms with E-state index in [-0.39, 0.29) is 5.78 Å². The van der Waals surface area contributed by atoms with E-state index in [0.717, 1.165) is 80.6 Å². The Labute approximate surface area is 364 Å². The van der Waals surface area contributed by atoms with Crippen molar-refractivity contribution in [2.24, 2.45) is 0 Å². The number of ketones is 1. The molecule has 0 aromatic heterocycles. The monoisotopic (exact) mass is 837 g/mol. The molecule has 0 saturated carbocycles. The molecule has 4 aromatic carbocycles. The molecule has 4 aromatic rings. The van der Waals surface area contributed by atoms with E-state index in [4.69, 9.17) is 37.9 Å². The fraction of sp³-hybridized carbons (Fsp3) is 0.471. The number of rotatable bonds is 25. The van der Waals surface area contributed by atoms with Gasteiger partial charge >= 0.3 is 0 Å². The third-order valence-corrected chi connectivity index (χ3v) is 10.5. The standard InChI is InChI=1S/C51H67NO9/c1-7-52(8-2)23-22-47(53)44-36-45-34-42-20-14-18-40(49(42)59-29-25-55-10-4)32-38-16-13-17-39(48(38)58-28-24-54-9-3)33-41-19-15-21-43(50(41)60-30-26-56-11-5)35-46(37-44)51(45)61-31-27-57-12-6/h13-23,36-37H,7-12,24-35H2,1-6H3/b23-22+. The van der Waals surface area contributed by atoms with E-state index in [0.29, 0.717) is 111 Å². The van der Waals surface area contributed by atoms with Crippen molar-refractivity contribution in [2.45, 2.75) is 67.2 Å². The van der Waals surface area contributed by atoms with Crippen LogP contribution in [0.5, 0.6) is 23.0 Å². The van der Waals surface area contributed by atoms with Crippen LogP contribution < -0.4 is 18.9 Å². The molecule has 0 unspecified atom stereocenters. The average molecular weight is 838 g/mol. The number of carbonyl (C=O) groups is 1. The van der Waals surface area contributed by atoms with Gasteiger partial charge in [0, 0.05) is 83.0 Å². The van der Waals surface area contributed by atoms with Crippen LogP contribution in [-0.4, -0.2) is 103 Å². The first-order valence-electron chi connectivity index (χ1n) is 22.2. The summed E-state index contributed by atoms with van der Waals surface area (Å²) in [6, 6.07) is 22.9. The van der Waals surface area contributed by atoms with Gasteiger partial charge in [0.15, 0.2) is 5.78 Å². The molecule has 61 heavy (non-hydrogen) atoms. The topological polar surface area (TPSA) is 94.2 Å². The van der Waals surface area contributed by atoms with Crippen molar-refractivity contribution < 1.29 is 42.7 Å². The molecule has 5 rings (SSSR count). The average Bonchev–Trinajstić information content (AvgIpc) is 3.26. The minimum Gasteiger partial charge on any atom is -0.491 e. The number of hydrogen-bond donors (Lipinski definition) is 0. The predicted molar refractivity (Wildman–Crippen MR) is 241 cm³/mol. The van der Waals surface area contributed by atoms with Gasteiger partial charge in [-0.3, -0.25) is 4.79 Å². The quantitative estimate of drug-likeness (QED) is 0.0322. The number of para-hydroxylation sites is 3. The highest BCUT2D eigenvalue weighted by atomic mass is 16.5. The van der Waals surface area contributed by atoms with Crippen molar-refractivity contribution in [2.75, 3.05) is 92.4 Å². The summed E-state index contributed by atoms with van der Waals surface area (Å²) in [4.78, 5) is 16.3. The summed E-state index contributed by atoms with van der Waals surface area (Å²) < 4.78 is 49.6. The number of carbonyl (C=O) groups excluding carboxylic acids is 1. The second-order valence-electron chi connectivity index (χ2n) is 14.6. The van der Waals surface area contributed by atoms with Crippen molar-refractivity contribution in [1.82, 2.24) is 4.90 Å². The number of allylic oxidation sites excluding steroid dienone is 1. The first kappa shape index (κ1) is 47.2. The molecule has 330 valence electrons. The normalized spacial score (nSPS) is 12.4. The molecule has 1 aliphatic carbocycles. The highest BCUT2D eigenvalue weighted by Crippen LogP contribution is 2.39. The maximum absolute atomic E-state index is 14.2. The molecule has 0 atom stereocenters. The zero-order valence-electron chi connectivity index (χ0n) is 37.4. The van der Waals surface area contributed by atoms with E-state index in [9.17, 15) is 4.79 Å². The van der Waals surface area contributed by atoms with Crippen molar-refractivity contribution >= 4 is 5.78 Å². The fourth-order valence-corrected chi connectivity index (χ4v) is 7.56. The molecule has 0 saturated heterocycles. The molecule has 0 N–H and O–H groups in total. The van der Waals surface area contributed by atoms with Crippen LogP contribution in [0.4, 0.5) is 0 Å². The predicted octanol–water partition coefficient (Wildman–Crippen LogP) is 9.06. The lowest BCUT2D eigenvalue weighted by atomic mass is 9.90. The largest absolute Gasteiger partial charge is 0.491 e. The van der Waals surface area contributed by atoms with Crippen molar-refractivity contribution in [3.63, 3.8) is 0 Å². The molecule has 8 bridgehead atoms. The van der Waals surface area contributed by atoms with E-state index < -0.39 is 0 Å². The first-order chi connectivity index (χ1) is 29.9. The maximum Gasteiger partial charge on any atom is 0.187 e. The van der Waals surface area contributed by atoms with Crippen LogP contribution in [0.25, 0.3) is 0 Å². The Balaban J connectivity index is 1.77. The van der Waals surface area contributed by atoms with E-state index in [1.807, 2.05) is 46.0 Å². The molecule has 1 aliphatic rings. The summed E-state index contributed by atoms with van der Waals surface area (Å²) in [7, 11) is 0. The molecule has 0 aliphatic heterocycles. The van der Waals surface area contributed by atoms with Crippen LogP contribution in [0.2, 0.25) is 0 Å². The van der Waals surface area contributed by atoms with Gasteiger partial charge in [-0.2, -0.15) is 0 Å². The van der Waals surface area contributed by atoms with Gasteiger partial charge < -0.3 is 42.8 Å². The van der Waals surface area contributed by atoms with Crippen LogP contribution in [0.15, 0.2) is 79.0 Å². The highest BCUT2D eigenvalue weighted by molar-refractivity contribution is 6.05. The second-order valence-corrected chi connectivity index (χ2v) is 14.6. The Morgan fingerprint density at radius 1 is 0.459 bits per heavy atom. The van der Waals surface area contributed by atoms with Gasteiger partial charge in [-0.15, -0.1) is 0 Å². The number of hydrogen-bond acceptors (Lipinski definition) is 10. The van der Waals surface area contributed by atoms with Gasteiger partial charge in [-0.1, -0.05) is 54.6 Å². The third-order valence-electron chi connectivity index (χ3n) is 10.5. The Bertz CT molecular complexity index is 1880. The SMILES string of the molecule is CCOCCOc1c2cccc1Cc1cccc(c1OCCOCC)Cc1cc(C(=O)/C=C/N(CC)CC)cc(c1OCCOCC)Cc1cccc(c1OCCOCC)C2. The minimum absolute atomic E-state index is 0.0797. The fourth-order valence-electron chi connectivity index (χ4n) is 7.56. The molecule has 0 fully saturated rings. The Morgan fingerprint density at radius 2 is 0.754 bits per heavy atom. The Morgan fingerprint density at radius 3 is 1.05 bits per heavy atom. The smallest absolute Gasteiger partial charge is 0.187 e. The Hall–Kier alpha value is -4.87.